The molecular weight excluding hydrogens is 421 g/mol. The molecule has 0 saturated carbocycles. The maximum Gasteiger partial charge on any atom is 0.573 e. The van der Waals surface area contributed by atoms with E-state index < -0.39 is 18.0 Å². The molecule has 2 aromatic carbocycles. The van der Waals surface area contributed by atoms with E-state index in [9.17, 15) is 22.0 Å². The number of hydrogen-bond donors (Lipinski definition) is 0. The van der Waals surface area contributed by atoms with Gasteiger partial charge >= 0.3 is 6.36 Å². The fourth-order valence-electron chi connectivity index (χ4n) is 3.63. The first-order valence-corrected chi connectivity index (χ1v) is 9.54. The van der Waals surface area contributed by atoms with Crippen LogP contribution in [0.3, 0.4) is 0 Å². The summed E-state index contributed by atoms with van der Waals surface area (Å²) in [7, 11) is 0. The molecule has 1 saturated heterocycles. The first-order chi connectivity index (χ1) is 14.6. The summed E-state index contributed by atoms with van der Waals surface area (Å²) in [5.74, 6) is -3.14. The highest BCUT2D eigenvalue weighted by molar-refractivity contribution is 5.68. The third-order valence-electron chi connectivity index (χ3n) is 4.96. The van der Waals surface area contributed by atoms with Gasteiger partial charge < -0.3 is 14.2 Å². The van der Waals surface area contributed by atoms with Gasteiger partial charge in [-0.15, -0.1) is 13.2 Å². The number of alkyl halides is 5. The molecule has 31 heavy (non-hydrogen) atoms. The number of nitrogens with zero attached hydrogens (tertiary/aromatic N) is 3. The summed E-state index contributed by atoms with van der Waals surface area (Å²) in [4.78, 5) is 5.83. The Labute approximate surface area is 174 Å². The second-order valence-corrected chi connectivity index (χ2v) is 7.35. The lowest BCUT2D eigenvalue weighted by atomic mass is 10.0. The second-order valence-electron chi connectivity index (χ2n) is 7.35. The van der Waals surface area contributed by atoms with Crippen LogP contribution >= 0.6 is 0 Å². The van der Waals surface area contributed by atoms with E-state index in [4.69, 9.17) is 4.52 Å². The summed E-state index contributed by atoms with van der Waals surface area (Å²) in [5.41, 5.74) is 1.99. The van der Waals surface area contributed by atoms with Gasteiger partial charge in [0.2, 0.25) is 5.82 Å². The summed E-state index contributed by atoms with van der Waals surface area (Å²) in [5, 5.41) is 3.77. The third kappa shape index (κ3) is 4.78. The van der Waals surface area contributed by atoms with E-state index in [1.54, 1.807) is 30.0 Å². The van der Waals surface area contributed by atoms with Crippen molar-refractivity contribution in [2.45, 2.75) is 32.1 Å². The van der Waals surface area contributed by atoms with Crippen LogP contribution in [0.5, 0.6) is 5.75 Å². The molecule has 0 amide bonds. The van der Waals surface area contributed by atoms with E-state index in [-0.39, 0.29) is 30.2 Å². The Kier molecular flexibility index (Phi) is 5.32. The molecule has 4 rings (SSSR count). The zero-order chi connectivity index (χ0) is 22.2. The Morgan fingerprint density at radius 3 is 2.61 bits per heavy atom. The van der Waals surface area contributed by atoms with Gasteiger partial charge in [0, 0.05) is 24.2 Å². The second kappa shape index (κ2) is 7.82. The highest BCUT2D eigenvalue weighted by Gasteiger charge is 2.36. The molecule has 1 aliphatic heterocycles. The predicted molar refractivity (Wildman–Crippen MR) is 103 cm³/mol. The molecular formula is C21H18F5N3O2. The quantitative estimate of drug-likeness (QED) is 0.478. The number of benzene rings is 2. The van der Waals surface area contributed by atoms with Gasteiger partial charge in [-0.1, -0.05) is 17.3 Å². The average molecular weight is 439 g/mol. The van der Waals surface area contributed by atoms with Gasteiger partial charge in [-0.25, -0.2) is 8.78 Å². The number of ether oxygens (including phenoxy) is 1. The number of anilines is 1. The van der Waals surface area contributed by atoms with Crippen molar-refractivity contribution in [2.75, 3.05) is 18.0 Å². The SMILES string of the molecule is Cc1cc(-c2nc(-c3ccccc3OC(F)(F)F)no2)ccc1N1CCCC(F)(F)C1. The molecule has 0 bridgehead atoms. The molecule has 1 fully saturated rings. The number of para-hydroxylation sites is 1. The Morgan fingerprint density at radius 1 is 1.13 bits per heavy atom. The van der Waals surface area contributed by atoms with Crippen molar-refractivity contribution in [2.24, 2.45) is 0 Å². The highest BCUT2D eigenvalue weighted by Crippen LogP contribution is 2.35. The molecule has 3 aromatic rings. The molecule has 0 unspecified atom stereocenters. The largest absolute Gasteiger partial charge is 0.573 e. The van der Waals surface area contributed by atoms with Crippen molar-refractivity contribution in [3.05, 3.63) is 48.0 Å². The molecule has 2 heterocycles. The van der Waals surface area contributed by atoms with Gasteiger partial charge in [-0.3, -0.25) is 0 Å². The number of aromatic nitrogens is 2. The van der Waals surface area contributed by atoms with Gasteiger partial charge in [-0.05, 0) is 49.2 Å². The van der Waals surface area contributed by atoms with Crippen LogP contribution in [0, 0.1) is 6.92 Å². The van der Waals surface area contributed by atoms with Crippen LogP contribution in [-0.4, -0.2) is 35.5 Å². The van der Waals surface area contributed by atoms with E-state index in [0.717, 1.165) is 11.6 Å². The molecule has 5 nitrogen and oxygen atoms in total. The van der Waals surface area contributed by atoms with Crippen molar-refractivity contribution in [1.82, 2.24) is 10.1 Å². The Morgan fingerprint density at radius 2 is 1.90 bits per heavy atom. The minimum Gasteiger partial charge on any atom is -0.405 e. The molecule has 10 heteroatoms. The van der Waals surface area contributed by atoms with Crippen LogP contribution < -0.4 is 9.64 Å². The smallest absolute Gasteiger partial charge is 0.405 e. The fourth-order valence-corrected chi connectivity index (χ4v) is 3.63. The van der Waals surface area contributed by atoms with Gasteiger partial charge in [-0.2, -0.15) is 4.98 Å². The third-order valence-corrected chi connectivity index (χ3v) is 4.96. The molecule has 0 atom stereocenters. The van der Waals surface area contributed by atoms with Crippen LogP contribution in [0.25, 0.3) is 22.8 Å². The van der Waals surface area contributed by atoms with Crippen molar-refractivity contribution >= 4 is 5.69 Å². The van der Waals surface area contributed by atoms with E-state index in [2.05, 4.69) is 14.9 Å². The molecule has 164 valence electrons. The molecule has 0 spiro atoms. The van der Waals surface area contributed by atoms with Crippen molar-refractivity contribution in [3.63, 3.8) is 0 Å². The first-order valence-electron chi connectivity index (χ1n) is 9.54. The van der Waals surface area contributed by atoms with Crippen molar-refractivity contribution < 1.29 is 31.2 Å². The Hall–Kier alpha value is -3.17. The summed E-state index contributed by atoms with van der Waals surface area (Å²) >= 11 is 0. The van der Waals surface area contributed by atoms with Crippen LogP contribution in [-0.2, 0) is 0 Å². The predicted octanol–water partition coefficient (Wildman–Crippen LogP) is 5.85. The summed E-state index contributed by atoms with van der Waals surface area (Å²) < 4.78 is 74.7. The lowest BCUT2D eigenvalue weighted by Crippen LogP contribution is -2.42. The van der Waals surface area contributed by atoms with E-state index in [1.807, 2.05) is 0 Å². The van der Waals surface area contributed by atoms with Crippen LogP contribution in [0.15, 0.2) is 47.0 Å². The van der Waals surface area contributed by atoms with Crippen LogP contribution in [0.2, 0.25) is 0 Å². The summed E-state index contributed by atoms with van der Waals surface area (Å²) in [6, 6.07) is 10.6. The number of halogens is 5. The van der Waals surface area contributed by atoms with E-state index in [0.29, 0.717) is 24.2 Å². The summed E-state index contributed by atoms with van der Waals surface area (Å²) in [6.07, 6.45) is -4.58. The Bertz CT molecular complexity index is 1080. The van der Waals surface area contributed by atoms with Crippen molar-refractivity contribution in [3.8, 4) is 28.6 Å². The normalized spacial score (nSPS) is 16.4. The number of piperidine rings is 1. The zero-order valence-electron chi connectivity index (χ0n) is 16.4. The van der Waals surface area contributed by atoms with Crippen molar-refractivity contribution in [1.29, 1.82) is 0 Å². The van der Waals surface area contributed by atoms with Gasteiger partial charge in [0.15, 0.2) is 0 Å². The van der Waals surface area contributed by atoms with E-state index >= 15 is 0 Å². The van der Waals surface area contributed by atoms with Crippen LogP contribution in [0.1, 0.15) is 18.4 Å². The Balaban J connectivity index is 1.60. The highest BCUT2D eigenvalue weighted by atomic mass is 19.4. The first kappa shape index (κ1) is 21.1. The summed E-state index contributed by atoms with van der Waals surface area (Å²) in [6.45, 7) is 1.99. The minimum absolute atomic E-state index is 0.0266. The lowest BCUT2D eigenvalue weighted by Gasteiger charge is -2.35. The maximum absolute atomic E-state index is 13.8. The molecule has 0 N–H and O–H groups in total. The standard InChI is InChI=1S/C21H18F5N3O2/c1-13-11-14(7-8-16(13)29-10-4-9-20(22,23)12-29)19-27-18(28-31-19)15-5-2-3-6-17(15)30-21(24,25)26/h2-3,5-8,11H,4,9-10,12H2,1H3. The molecule has 1 aliphatic rings. The van der Waals surface area contributed by atoms with Gasteiger partial charge in [0.25, 0.3) is 11.8 Å². The topological polar surface area (TPSA) is 51.4 Å². The lowest BCUT2D eigenvalue weighted by molar-refractivity contribution is -0.274. The monoisotopic (exact) mass is 439 g/mol. The van der Waals surface area contributed by atoms with Gasteiger partial charge in [0.05, 0.1) is 12.1 Å². The number of rotatable bonds is 4. The molecule has 0 radical (unpaired) electrons. The van der Waals surface area contributed by atoms with E-state index in [1.165, 1.54) is 18.2 Å². The average Bonchev–Trinajstić information content (AvgIpc) is 3.16. The molecule has 0 aliphatic carbocycles. The number of hydrogen-bond acceptors (Lipinski definition) is 5. The maximum atomic E-state index is 13.8. The van der Waals surface area contributed by atoms with Gasteiger partial charge in [0.1, 0.15) is 5.75 Å². The fraction of sp³-hybridized carbons (Fsp3) is 0.333. The molecule has 1 aromatic heterocycles. The minimum atomic E-state index is -4.86. The zero-order valence-corrected chi connectivity index (χ0v) is 16.4. The van der Waals surface area contributed by atoms with Crippen LogP contribution in [0.4, 0.5) is 27.6 Å². The number of aryl methyl sites for hydroxylation is 1.